The molecule has 0 saturated carbocycles. The summed E-state index contributed by atoms with van der Waals surface area (Å²) < 4.78 is 14.2. The molecule has 3 N–H and O–H groups in total. The number of hydrogen-bond acceptors (Lipinski definition) is 3. The van der Waals surface area contributed by atoms with Crippen molar-refractivity contribution in [3.8, 4) is 0 Å². The first kappa shape index (κ1) is 11.6. The van der Waals surface area contributed by atoms with Crippen molar-refractivity contribution < 1.29 is 14.0 Å². The van der Waals surface area contributed by atoms with Gasteiger partial charge in [-0.25, -0.2) is 4.39 Å². The Morgan fingerprint density at radius 2 is 2.41 bits per heavy atom. The first-order chi connectivity index (χ1) is 8.04. The highest BCUT2D eigenvalue weighted by Gasteiger charge is 2.49. The van der Waals surface area contributed by atoms with Crippen LogP contribution in [0.25, 0.3) is 0 Å². The summed E-state index contributed by atoms with van der Waals surface area (Å²) in [5, 5.41) is 6.30. The maximum absolute atomic E-state index is 14.2. The van der Waals surface area contributed by atoms with E-state index in [-0.39, 0.29) is 19.4 Å². The predicted molar refractivity (Wildman–Crippen MR) is 56.3 cm³/mol. The fraction of sp³-hybridized carbons (Fsp3) is 0.500. The summed E-state index contributed by atoms with van der Waals surface area (Å²) in [5.41, 5.74) is 5.58. The summed E-state index contributed by atoms with van der Waals surface area (Å²) in [5.74, 6) is -3.90. The molecule has 1 aromatic heterocycles. The normalized spacial score (nSPS) is 23.9. The molecule has 2 rings (SSSR count). The van der Waals surface area contributed by atoms with Crippen LogP contribution in [0, 0.1) is 0 Å². The van der Waals surface area contributed by atoms with Crippen molar-refractivity contribution >= 4 is 11.8 Å². The fourth-order valence-corrected chi connectivity index (χ4v) is 2.00. The third kappa shape index (κ3) is 2.00. The van der Waals surface area contributed by atoms with E-state index in [2.05, 4.69) is 10.2 Å². The molecule has 0 radical (unpaired) electrons. The average molecular weight is 240 g/mol. The van der Waals surface area contributed by atoms with Gasteiger partial charge in [0.05, 0.1) is 6.42 Å². The number of alkyl halides is 1. The molecule has 17 heavy (non-hydrogen) atoms. The maximum atomic E-state index is 14.2. The number of aromatic amines is 1. The Balaban J connectivity index is 2.11. The minimum Gasteiger partial charge on any atom is -0.365 e. The average Bonchev–Trinajstić information content (AvgIpc) is 2.87. The summed E-state index contributed by atoms with van der Waals surface area (Å²) >= 11 is 0. The molecule has 1 fully saturated rings. The molecule has 2 heterocycles. The van der Waals surface area contributed by atoms with Gasteiger partial charge in [0.2, 0.25) is 5.91 Å². The van der Waals surface area contributed by atoms with Crippen molar-refractivity contribution in [2.45, 2.75) is 25.1 Å². The van der Waals surface area contributed by atoms with E-state index < -0.39 is 17.6 Å². The lowest BCUT2D eigenvalue weighted by Crippen LogP contribution is -2.53. The van der Waals surface area contributed by atoms with Crippen molar-refractivity contribution in [3.05, 3.63) is 18.0 Å². The van der Waals surface area contributed by atoms with E-state index >= 15 is 0 Å². The molecular weight excluding hydrogens is 227 g/mol. The van der Waals surface area contributed by atoms with Crippen LogP contribution in [0.15, 0.2) is 12.3 Å². The second-order valence-electron chi connectivity index (χ2n) is 4.03. The van der Waals surface area contributed by atoms with E-state index in [9.17, 15) is 14.0 Å². The van der Waals surface area contributed by atoms with Crippen molar-refractivity contribution in [3.63, 3.8) is 0 Å². The number of H-pyrrole nitrogens is 1. The smallest absolute Gasteiger partial charge is 0.276 e. The van der Waals surface area contributed by atoms with Crippen LogP contribution in [0.1, 0.15) is 18.5 Å². The number of hydrogen-bond donors (Lipinski definition) is 2. The van der Waals surface area contributed by atoms with Gasteiger partial charge in [0, 0.05) is 24.9 Å². The standard InChI is InChI=1S/C10H13FN4O2/c11-10(9(12)17)3-1-5-15(10)8(16)6-7-2-4-13-14-7/h2,4H,1,3,5-6H2,(H2,12,17)(H,13,14). The maximum Gasteiger partial charge on any atom is 0.276 e. The van der Waals surface area contributed by atoms with Gasteiger partial charge in [0.1, 0.15) is 0 Å². The van der Waals surface area contributed by atoms with Crippen LogP contribution in [-0.2, 0) is 16.0 Å². The zero-order valence-corrected chi connectivity index (χ0v) is 9.15. The fourth-order valence-electron chi connectivity index (χ4n) is 2.00. The van der Waals surface area contributed by atoms with Crippen molar-refractivity contribution in [2.75, 3.05) is 6.54 Å². The van der Waals surface area contributed by atoms with E-state index in [0.29, 0.717) is 12.1 Å². The summed E-state index contributed by atoms with van der Waals surface area (Å²) in [7, 11) is 0. The van der Waals surface area contributed by atoms with E-state index in [0.717, 1.165) is 4.90 Å². The van der Waals surface area contributed by atoms with Crippen LogP contribution in [0.3, 0.4) is 0 Å². The van der Waals surface area contributed by atoms with Crippen LogP contribution in [0.2, 0.25) is 0 Å². The molecule has 2 amide bonds. The number of carbonyl (C=O) groups excluding carboxylic acids is 2. The van der Waals surface area contributed by atoms with Gasteiger partial charge in [-0.05, 0) is 12.5 Å². The number of likely N-dealkylation sites (tertiary alicyclic amines) is 1. The summed E-state index contributed by atoms with van der Waals surface area (Å²) in [4.78, 5) is 23.8. The summed E-state index contributed by atoms with van der Waals surface area (Å²) in [6.45, 7) is 0.215. The molecule has 0 spiro atoms. The van der Waals surface area contributed by atoms with E-state index in [1.807, 2.05) is 0 Å². The largest absolute Gasteiger partial charge is 0.365 e. The Kier molecular flexibility index (Phi) is 2.83. The lowest BCUT2D eigenvalue weighted by atomic mass is 10.1. The van der Waals surface area contributed by atoms with Crippen LogP contribution in [0.5, 0.6) is 0 Å². The van der Waals surface area contributed by atoms with Crippen molar-refractivity contribution in [1.82, 2.24) is 15.1 Å². The van der Waals surface area contributed by atoms with Crippen LogP contribution < -0.4 is 5.73 Å². The summed E-state index contributed by atoms with van der Waals surface area (Å²) in [6, 6.07) is 1.62. The van der Waals surface area contributed by atoms with Gasteiger partial charge in [-0.1, -0.05) is 0 Å². The SMILES string of the molecule is NC(=O)C1(F)CCCN1C(=O)Cc1ccn[nH]1. The molecule has 1 saturated heterocycles. The molecule has 1 aromatic rings. The van der Waals surface area contributed by atoms with E-state index in [4.69, 9.17) is 5.73 Å². The first-order valence-corrected chi connectivity index (χ1v) is 5.31. The zero-order valence-electron chi connectivity index (χ0n) is 9.15. The molecule has 0 bridgehead atoms. The van der Waals surface area contributed by atoms with Crippen molar-refractivity contribution in [1.29, 1.82) is 0 Å². The second-order valence-corrected chi connectivity index (χ2v) is 4.03. The molecular formula is C10H13FN4O2. The first-order valence-electron chi connectivity index (χ1n) is 5.31. The lowest BCUT2D eigenvalue weighted by Gasteiger charge is -2.28. The third-order valence-electron chi connectivity index (χ3n) is 2.90. The molecule has 7 heteroatoms. The number of aromatic nitrogens is 2. The lowest BCUT2D eigenvalue weighted by molar-refractivity contribution is -0.153. The van der Waals surface area contributed by atoms with Gasteiger partial charge < -0.3 is 10.6 Å². The Morgan fingerprint density at radius 3 is 3.00 bits per heavy atom. The Labute approximate surface area is 97.0 Å². The minimum absolute atomic E-state index is 0.0149. The molecule has 0 aliphatic carbocycles. The van der Waals surface area contributed by atoms with E-state index in [1.54, 1.807) is 6.07 Å². The Hall–Kier alpha value is -1.92. The molecule has 1 unspecified atom stereocenters. The molecule has 1 atom stereocenters. The van der Waals surface area contributed by atoms with Crippen molar-refractivity contribution in [2.24, 2.45) is 5.73 Å². The zero-order chi connectivity index (χ0) is 12.5. The summed E-state index contributed by atoms with van der Waals surface area (Å²) in [6.07, 6.45) is 1.90. The topological polar surface area (TPSA) is 92.1 Å². The van der Waals surface area contributed by atoms with Crippen LogP contribution in [0.4, 0.5) is 4.39 Å². The Morgan fingerprint density at radius 1 is 1.65 bits per heavy atom. The number of carbonyl (C=O) groups is 2. The number of halogens is 1. The third-order valence-corrected chi connectivity index (χ3v) is 2.90. The van der Waals surface area contributed by atoms with Crippen LogP contribution >= 0.6 is 0 Å². The van der Waals surface area contributed by atoms with Gasteiger partial charge in [-0.2, -0.15) is 5.10 Å². The quantitative estimate of drug-likeness (QED) is 0.712. The van der Waals surface area contributed by atoms with Crippen LogP contribution in [-0.4, -0.2) is 39.2 Å². The molecule has 1 aliphatic heterocycles. The van der Waals surface area contributed by atoms with E-state index in [1.165, 1.54) is 6.20 Å². The second kappa shape index (κ2) is 4.15. The Bertz CT molecular complexity index is 434. The van der Waals surface area contributed by atoms with Gasteiger partial charge in [0.15, 0.2) is 0 Å². The highest BCUT2D eigenvalue weighted by Crippen LogP contribution is 2.30. The number of primary amides is 1. The van der Waals surface area contributed by atoms with Gasteiger partial charge in [0.25, 0.3) is 11.7 Å². The minimum atomic E-state index is -2.34. The predicted octanol–water partition coefficient (Wildman–Crippen LogP) is -0.274. The number of rotatable bonds is 3. The molecule has 92 valence electrons. The number of nitrogens with one attached hydrogen (secondary N) is 1. The molecule has 6 nitrogen and oxygen atoms in total. The monoisotopic (exact) mass is 240 g/mol. The molecule has 0 aromatic carbocycles. The van der Waals surface area contributed by atoms with Gasteiger partial charge >= 0.3 is 0 Å². The number of nitrogens with two attached hydrogens (primary N) is 1. The highest BCUT2D eigenvalue weighted by molar-refractivity contribution is 5.90. The van der Waals surface area contributed by atoms with Gasteiger partial charge in [-0.3, -0.25) is 14.7 Å². The number of nitrogens with zero attached hydrogens (tertiary/aromatic N) is 2. The van der Waals surface area contributed by atoms with Gasteiger partial charge in [-0.15, -0.1) is 0 Å². The highest BCUT2D eigenvalue weighted by atomic mass is 19.1. The molecule has 1 aliphatic rings. The number of amides is 2.